The standard InChI is InChI=1S/C26H26FN3O7S/c1-18-8-10-19(11-9-18)38(34,35)25(28-24(32)22-7-4-16-36-22)26(33)30-14-12-29(13-15-30)23(31)17-37-21-6-3-2-5-20(21)27/h2-11,16,25H,12-15,17H2,1H3,(H,28,32)/t25-/m1/s1. The zero-order valence-corrected chi connectivity index (χ0v) is 21.3. The SMILES string of the molecule is Cc1ccc(S(=O)(=O)[C@@H](NC(=O)c2ccco2)C(=O)N2CCN(C(=O)COc3ccccc3F)CC2)cc1. The van der Waals surface area contributed by atoms with Crippen molar-refractivity contribution in [3.8, 4) is 5.75 Å². The fraction of sp³-hybridized carbons (Fsp3) is 0.269. The first-order valence-electron chi connectivity index (χ1n) is 11.8. The first-order valence-corrected chi connectivity index (χ1v) is 13.3. The van der Waals surface area contributed by atoms with E-state index in [0.717, 1.165) is 5.56 Å². The number of carbonyl (C=O) groups is 3. The molecule has 0 bridgehead atoms. The van der Waals surface area contributed by atoms with Gasteiger partial charge in [0.05, 0.1) is 11.2 Å². The third-order valence-electron chi connectivity index (χ3n) is 6.02. The molecule has 2 aromatic carbocycles. The molecule has 0 radical (unpaired) electrons. The molecule has 3 amide bonds. The number of piperazine rings is 1. The molecule has 4 rings (SSSR count). The lowest BCUT2D eigenvalue weighted by atomic mass is 10.2. The van der Waals surface area contributed by atoms with Gasteiger partial charge in [-0.15, -0.1) is 0 Å². The summed E-state index contributed by atoms with van der Waals surface area (Å²) in [6, 6.07) is 14.5. The van der Waals surface area contributed by atoms with Crippen molar-refractivity contribution in [1.29, 1.82) is 0 Å². The van der Waals surface area contributed by atoms with Crippen molar-refractivity contribution in [2.45, 2.75) is 17.2 Å². The van der Waals surface area contributed by atoms with Crippen LogP contribution < -0.4 is 10.1 Å². The Morgan fingerprint density at radius 1 is 0.974 bits per heavy atom. The second-order valence-electron chi connectivity index (χ2n) is 8.61. The Morgan fingerprint density at radius 2 is 1.63 bits per heavy atom. The highest BCUT2D eigenvalue weighted by Crippen LogP contribution is 2.20. The summed E-state index contributed by atoms with van der Waals surface area (Å²) in [6.45, 7) is 1.67. The number of benzene rings is 2. The topological polar surface area (TPSA) is 126 Å². The van der Waals surface area contributed by atoms with Crippen molar-refractivity contribution < 1.29 is 36.3 Å². The molecular weight excluding hydrogens is 517 g/mol. The van der Waals surface area contributed by atoms with E-state index in [1.54, 1.807) is 25.1 Å². The molecule has 0 aliphatic carbocycles. The van der Waals surface area contributed by atoms with E-state index >= 15 is 0 Å². The Labute approximate surface area is 218 Å². The highest BCUT2D eigenvalue weighted by Gasteiger charge is 2.40. The largest absolute Gasteiger partial charge is 0.481 e. The van der Waals surface area contributed by atoms with Gasteiger partial charge in [-0.05, 0) is 43.3 Å². The zero-order valence-electron chi connectivity index (χ0n) is 20.5. The molecule has 1 aromatic heterocycles. The van der Waals surface area contributed by atoms with E-state index in [1.807, 2.05) is 0 Å². The van der Waals surface area contributed by atoms with E-state index in [-0.39, 0.29) is 42.6 Å². The minimum Gasteiger partial charge on any atom is -0.481 e. The average Bonchev–Trinajstić information content (AvgIpc) is 3.46. The summed E-state index contributed by atoms with van der Waals surface area (Å²) in [5.41, 5.74) is 0.825. The van der Waals surface area contributed by atoms with Gasteiger partial charge in [-0.25, -0.2) is 12.8 Å². The molecule has 1 N–H and O–H groups in total. The second-order valence-corrected chi connectivity index (χ2v) is 10.6. The number of furan rings is 1. The molecule has 3 aromatic rings. The van der Waals surface area contributed by atoms with Gasteiger partial charge in [-0.2, -0.15) is 0 Å². The quantitative estimate of drug-likeness (QED) is 0.461. The molecule has 1 aliphatic rings. The summed E-state index contributed by atoms with van der Waals surface area (Å²) in [7, 11) is -4.33. The Hall–Kier alpha value is -4.19. The van der Waals surface area contributed by atoms with Crippen LogP contribution in [-0.4, -0.2) is 74.1 Å². The van der Waals surface area contributed by atoms with Crippen LogP contribution in [0.25, 0.3) is 0 Å². The van der Waals surface area contributed by atoms with Gasteiger partial charge in [0.2, 0.25) is 15.2 Å². The van der Waals surface area contributed by atoms with Gasteiger partial charge in [0.15, 0.2) is 23.9 Å². The van der Waals surface area contributed by atoms with E-state index in [4.69, 9.17) is 9.15 Å². The predicted molar refractivity (Wildman–Crippen MR) is 133 cm³/mol. The number of sulfone groups is 1. The summed E-state index contributed by atoms with van der Waals surface area (Å²) in [5, 5.41) is 0.392. The first kappa shape index (κ1) is 26.9. The number of nitrogens with one attached hydrogen (secondary N) is 1. The van der Waals surface area contributed by atoms with Gasteiger partial charge in [0.25, 0.3) is 17.7 Å². The summed E-state index contributed by atoms with van der Waals surface area (Å²) >= 11 is 0. The maximum atomic E-state index is 13.7. The Morgan fingerprint density at radius 3 is 2.26 bits per heavy atom. The van der Waals surface area contributed by atoms with E-state index in [2.05, 4.69) is 5.32 Å². The molecule has 0 unspecified atom stereocenters. The summed E-state index contributed by atoms with van der Waals surface area (Å²) in [6.07, 6.45) is 1.26. The van der Waals surface area contributed by atoms with Crippen molar-refractivity contribution in [3.05, 3.63) is 84.1 Å². The molecular formula is C26H26FN3O7S. The van der Waals surface area contributed by atoms with Crippen molar-refractivity contribution in [2.24, 2.45) is 0 Å². The van der Waals surface area contributed by atoms with Gasteiger partial charge < -0.3 is 24.3 Å². The third-order valence-corrected chi connectivity index (χ3v) is 7.89. The van der Waals surface area contributed by atoms with Crippen LogP contribution in [0.2, 0.25) is 0 Å². The second kappa shape index (κ2) is 11.5. The summed E-state index contributed by atoms with van der Waals surface area (Å²) in [4.78, 5) is 41.2. The number of rotatable bonds is 8. The molecule has 12 heteroatoms. The Kier molecular flexibility index (Phi) is 8.10. The maximum Gasteiger partial charge on any atom is 0.288 e. The highest BCUT2D eigenvalue weighted by molar-refractivity contribution is 7.92. The number of hydrogen-bond acceptors (Lipinski definition) is 7. The van der Waals surface area contributed by atoms with Crippen LogP contribution in [0.3, 0.4) is 0 Å². The van der Waals surface area contributed by atoms with Crippen LogP contribution in [0.5, 0.6) is 5.75 Å². The van der Waals surface area contributed by atoms with Crippen LogP contribution in [-0.2, 0) is 19.4 Å². The lowest BCUT2D eigenvalue weighted by Gasteiger charge is -2.36. The minimum absolute atomic E-state index is 0.0286. The minimum atomic E-state index is -4.33. The van der Waals surface area contributed by atoms with Crippen molar-refractivity contribution >= 4 is 27.6 Å². The molecule has 1 atom stereocenters. The molecule has 1 fully saturated rings. The zero-order chi connectivity index (χ0) is 27.3. The lowest BCUT2D eigenvalue weighted by molar-refractivity contribution is -0.140. The van der Waals surface area contributed by atoms with Crippen LogP contribution in [0.1, 0.15) is 16.1 Å². The third kappa shape index (κ3) is 6.02. The van der Waals surface area contributed by atoms with Crippen molar-refractivity contribution in [2.75, 3.05) is 32.8 Å². The van der Waals surface area contributed by atoms with Crippen LogP contribution in [0.15, 0.2) is 76.2 Å². The van der Waals surface area contributed by atoms with Crippen LogP contribution in [0.4, 0.5) is 4.39 Å². The molecule has 0 saturated carbocycles. The Bertz CT molecular complexity index is 1400. The van der Waals surface area contributed by atoms with E-state index in [1.165, 1.54) is 58.5 Å². The smallest absolute Gasteiger partial charge is 0.288 e. The van der Waals surface area contributed by atoms with Crippen molar-refractivity contribution in [3.63, 3.8) is 0 Å². The molecule has 10 nitrogen and oxygen atoms in total. The predicted octanol–water partition coefficient (Wildman–Crippen LogP) is 2.01. The van der Waals surface area contributed by atoms with Gasteiger partial charge in [0, 0.05) is 26.2 Å². The molecule has 38 heavy (non-hydrogen) atoms. The number of hydrogen-bond donors (Lipinski definition) is 1. The molecule has 0 spiro atoms. The van der Waals surface area contributed by atoms with Crippen LogP contribution >= 0.6 is 0 Å². The summed E-state index contributed by atoms with van der Waals surface area (Å²) < 4.78 is 50.9. The van der Waals surface area contributed by atoms with E-state index in [9.17, 15) is 27.2 Å². The van der Waals surface area contributed by atoms with Gasteiger partial charge in [-0.1, -0.05) is 29.8 Å². The maximum absolute atomic E-state index is 13.7. The first-order chi connectivity index (χ1) is 18.2. The number of amides is 3. The van der Waals surface area contributed by atoms with Gasteiger partial charge in [-0.3, -0.25) is 14.4 Å². The average molecular weight is 544 g/mol. The molecule has 2 heterocycles. The number of carbonyl (C=O) groups excluding carboxylic acids is 3. The lowest BCUT2D eigenvalue weighted by Crippen LogP contribution is -2.58. The number of nitrogens with zero attached hydrogens (tertiary/aromatic N) is 2. The normalized spacial score (nSPS) is 14.6. The molecule has 1 saturated heterocycles. The van der Waals surface area contributed by atoms with E-state index in [0.29, 0.717) is 0 Å². The van der Waals surface area contributed by atoms with Crippen LogP contribution in [0, 0.1) is 12.7 Å². The monoisotopic (exact) mass is 543 g/mol. The summed E-state index contributed by atoms with van der Waals surface area (Å²) in [5.74, 6) is -2.88. The van der Waals surface area contributed by atoms with Gasteiger partial charge >= 0.3 is 0 Å². The fourth-order valence-electron chi connectivity index (χ4n) is 3.87. The molecule has 1 aliphatic heterocycles. The van der Waals surface area contributed by atoms with E-state index < -0.39 is 45.4 Å². The highest BCUT2D eigenvalue weighted by atomic mass is 32.2. The van der Waals surface area contributed by atoms with Crippen molar-refractivity contribution in [1.82, 2.24) is 15.1 Å². The molecule has 200 valence electrons. The van der Waals surface area contributed by atoms with Gasteiger partial charge in [0.1, 0.15) is 0 Å². The number of aryl methyl sites for hydroxylation is 1. The number of halogens is 1. The number of ether oxygens (including phenoxy) is 1. The Balaban J connectivity index is 1.45. The number of para-hydroxylation sites is 1. The fourth-order valence-corrected chi connectivity index (χ4v) is 5.33.